The van der Waals surface area contributed by atoms with Crippen molar-refractivity contribution in [2.75, 3.05) is 7.05 Å². The van der Waals surface area contributed by atoms with Gasteiger partial charge in [-0.25, -0.2) is 0 Å². The van der Waals surface area contributed by atoms with Crippen LogP contribution in [0.5, 0.6) is 0 Å². The van der Waals surface area contributed by atoms with E-state index in [4.69, 9.17) is 0 Å². The molecular weight excluding hydrogens is 242 g/mol. The van der Waals surface area contributed by atoms with Crippen LogP contribution in [-0.2, 0) is 7.05 Å². The third kappa shape index (κ3) is 2.94. The minimum Gasteiger partial charge on any atom is -0.313 e. The zero-order valence-electron chi connectivity index (χ0n) is 11.3. The van der Waals surface area contributed by atoms with Crippen LogP contribution in [0.1, 0.15) is 24.2 Å². The Morgan fingerprint density at radius 2 is 1.94 bits per heavy atom. The van der Waals surface area contributed by atoms with Gasteiger partial charge in [-0.2, -0.15) is 5.10 Å². The van der Waals surface area contributed by atoms with Crippen molar-refractivity contribution < 1.29 is 0 Å². The van der Waals surface area contributed by atoms with Crippen molar-refractivity contribution in [2.24, 2.45) is 7.05 Å². The Bertz CT molecular complexity index is 516. The average molecular weight is 261 g/mol. The zero-order valence-corrected chi connectivity index (χ0v) is 12.1. The van der Waals surface area contributed by atoms with Crippen LogP contribution in [0.3, 0.4) is 0 Å². The third-order valence-electron chi connectivity index (χ3n) is 2.99. The molecule has 2 rings (SSSR count). The Morgan fingerprint density at radius 3 is 2.44 bits per heavy atom. The summed E-state index contributed by atoms with van der Waals surface area (Å²) in [5.74, 6) is 0. The molecule has 4 heteroatoms. The highest BCUT2D eigenvalue weighted by Gasteiger charge is 2.06. The SMILES string of the molecule is CNC(C)c1ccc(Sc2cc(C)nn2C)cc1. The van der Waals surface area contributed by atoms with Gasteiger partial charge in [0.1, 0.15) is 0 Å². The van der Waals surface area contributed by atoms with E-state index in [1.807, 2.05) is 25.7 Å². The molecule has 0 fully saturated rings. The zero-order chi connectivity index (χ0) is 13.1. The highest BCUT2D eigenvalue weighted by Crippen LogP contribution is 2.28. The van der Waals surface area contributed by atoms with Crippen LogP contribution in [0, 0.1) is 6.92 Å². The summed E-state index contributed by atoms with van der Waals surface area (Å²) in [7, 11) is 3.96. The number of nitrogens with one attached hydrogen (secondary N) is 1. The first-order valence-corrected chi connectivity index (χ1v) is 6.87. The molecule has 0 bridgehead atoms. The van der Waals surface area contributed by atoms with Gasteiger partial charge >= 0.3 is 0 Å². The quantitative estimate of drug-likeness (QED) is 0.917. The van der Waals surface area contributed by atoms with Crippen molar-refractivity contribution in [2.45, 2.75) is 29.8 Å². The minimum atomic E-state index is 0.392. The number of nitrogens with zero attached hydrogens (tertiary/aromatic N) is 2. The fraction of sp³-hybridized carbons (Fsp3) is 0.357. The molecule has 3 nitrogen and oxygen atoms in total. The second kappa shape index (κ2) is 5.59. The monoisotopic (exact) mass is 261 g/mol. The number of aromatic nitrogens is 2. The van der Waals surface area contributed by atoms with Gasteiger partial charge in [0.15, 0.2) is 0 Å². The molecule has 1 unspecified atom stereocenters. The lowest BCUT2D eigenvalue weighted by Crippen LogP contribution is -2.11. The molecule has 96 valence electrons. The van der Waals surface area contributed by atoms with Crippen molar-refractivity contribution in [3.8, 4) is 0 Å². The average Bonchev–Trinajstić information content (AvgIpc) is 2.68. The van der Waals surface area contributed by atoms with Crippen molar-refractivity contribution in [1.29, 1.82) is 0 Å². The Labute approximate surface area is 113 Å². The molecule has 0 amide bonds. The van der Waals surface area contributed by atoms with E-state index >= 15 is 0 Å². The lowest BCUT2D eigenvalue weighted by Gasteiger charge is -2.10. The lowest BCUT2D eigenvalue weighted by atomic mass is 10.1. The van der Waals surface area contributed by atoms with E-state index in [-0.39, 0.29) is 0 Å². The maximum absolute atomic E-state index is 4.35. The molecule has 0 spiro atoms. The summed E-state index contributed by atoms with van der Waals surface area (Å²) >= 11 is 1.74. The number of aryl methyl sites for hydroxylation is 2. The largest absolute Gasteiger partial charge is 0.313 e. The molecule has 2 aromatic rings. The molecule has 1 heterocycles. The molecule has 0 radical (unpaired) electrons. The Morgan fingerprint density at radius 1 is 1.28 bits per heavy atom. The van der Waals surface area contributed by atoms with Gasteiger partial charge in [-0.15, -0.1) is 0 Å². The predicted octanol–water partition coefficient (Wildman–Crippen LogP) is 3.16. The fourth-order valence-electron chi connectivity index (χ4n) is 1.79. The molecule has 0 saturated heterocycles. The van der Waals surface area contributed by atoms with Crippen LogP contribution in [-0.4, -0.2) is 16.8 Å². The van der Waals surface area contributed by atoms with Crippen LogP contribution < -0.4 is 5.32 Å². The predicted molar refractivity (Wildman–Crippen MR) is 76.0 cm³/mol. The van der Waals surface area contributed by atoms with Crippen LogP contribution in [0.2, 0.25) is 0 Å². The number of hydrogen-bond acceptors (Lipinski definition) is 3. The molecule has 1 atom stereocenters. The summed E-state index contributed by atoms with van der Waals surface area (Å²) in [6.45, 7) is 4.17. The summed E-state index contributed by atoms with van der Waals surface area (Å²) in [5.41, 5.74) is 2.36. The van der Waals surface area contributed by atoms with Gasteiger partial charge in [0.25, 0.3) is 0 Å². The Kier molecular flexibility index (Phi) is 4.09. The molecule has 1 aromatic heterocycles. The standard InChI is InChI=1S/C14H19N3S/c1-10-9-14(17(4)16-10)18-13-7-5-12(6-8-13)11(2)15-3/h5-9,11,15H,1-4H3. The van der Waals surface area contributed by atoms with E-state index in [9.17, 15) is 0 Å². The van der Waals surface area contributed by atoms with Crippen molar-refractivity contribution >= 4 is 11.8 Å². The second-order valence-corrected chi connectivity index (χ2v) is 5.52. The van der Waals surface area contributed by atoms with Crippen LogP contribution in [0.4, 0.5) is 0 Å². The van der Waals surface area contributed by atoms with Gasteiger partial charge < -0.3 is 5.32 Å². The first kappa shape index (κ1) is 13.2. The van der Waals surface area contributed by atoms with E-state index in [0.29, 0.717) is 6.04 Å². The molecule has 0 saturated carbocycles. The number of benzene rings is 1. The van der Waals surface area contributed by atoms with Crippen molar-refractivity contribution in [3.05, 3.63) is 41.6 Å². The maximum Gasteiger partial charge on any atom is 0.0986 e. The summed E-state index contributed by atoms with van der Waals surface area (Å²) in [6, 6.07) is 11.2. The van der Waals surface area contributed by atoms with Crippen molar-refractivity contribution in [3.63, 3.8) is 0 Å². The molecular formula is C14H19N3S. The van der Waals surface area contributed by atoms with E-state index < -0.39 is 0 Å². The summed E-state index contributed by atoms with van der Waals surface area (Å²) in [6.07, 6.45) is 0. The minimum absolute atomic E-state index is 0.392. The van der Waals surface area contributed by atoms with Gasteiger partial charge in [-0.05, 0) is 44.7 Å². The summed E-state index contributed by atoms with van der Waals surface area (Å²) < 4.78 is 1.92. The normalized spacial score (nSPS) is 12.7. The first-order chi connectivity index (χ1) is 8.60. The molecule has 1 N–H and O–H groups in total. The van der Waals surface area contributed by atoms with E-state index in [1.54, 1.807) is 11.8 Å². The van der Waals surface area contributed by atoms with Gasteiger partial charge in [0.05, 0.1) is 10.7 Å². The molecule has 0 aliphatic rings. The molecule has 0 aliphatic carbocycles. The highest BCUT2D eigenvalue weighted by molar-refractivity contribution is 7.99. The number of rotatable bonds is 4. The smallest absolute Gasteiger partial charge is 0.0986 e. The summed E-state index contributed by atoms with van der Waals surface area (Å²) in [5, 5.41) is 8.76. The van der Waals surface area contributed by atoms with E-state index in [2.05, 4.69) is 47.7 Å². The molecule has 1 aromatic carbocycles. The second-order valence-electron chi connectivity index (χ2n) is 4.43. The van der Waals surface area contributed by atoms with Gasteiger partial charge in [-0.3, -0.25) is 4.68 Å². The first-order valence-electron chi connectivity index (χ1n) is 6.06. The molecule has 0 aliphatic heterocycles. The third-order valence-corrected chi connectivity index (χ3v) is 4.09. The topological polar surface area (TPSA) is 29.9 Å². The lowest BCUT2D eigenvalue weighted by molar-refractivity contribution is 0.652. The Balaban J connectivity index is 2.13. The van der Waals surface area contributed by atoms with E-state index in [1.165, 1.54) is 15.5 Å². The maximum atomic E-state index is 4.35. The Hall–Kier alpha value is -1.26. The van der Waals surface area contributed by atoms with Crippen molar-refractivity contribution in [1.82, 2.24) is 15.1 Å². The number of hydrogen-bond donors (Lipinski definition) is 1. The highest BCUT2D eigenvalue weighted by atomic mass is 32.2. The van der Waals surface area contributed by atoms with Gasteiger partial charge in [0, 0.05) is 18.0 Å². The summed E-state index contributed by atoms with van der Waals surface area (Å²) in [4.78, 5) is 1.24. The van der Waals surface area contributed by atoms with E-state index in [0.717, 1.165) is 5.69 Å². The molecule has 18 heavy (non-hydrogen) atoms. The van der Waals surface area contributed by atoms with Crippen LogP contribution in [0.25, 0.3) is 0 Å². The fourth-order valence-corrected chi connectivity index (χ4v) is 2.71. The van der Waals surface area contributed by atoms with Gasteiger partial charge in [0.2, 0.25) is 0 Å². The van der Waals surface area contributed by atoms with Gasteiger partial charge in [-0.1, -0.05) is 23.9 Å². The van der Waals surface area contributed by atoms with Crippen LogP contribution in [0.15, 0.2) is 40.3 Å². The van der Waals surface area contributed by atoms with Crippen LogP contribution >= 0.6 is 11.8 Å².